The number of hydrogen-bond acceptors (Lipinski definition) is 6. The monoisotopic (exact) mass is 527 g/mol. The van der Waals surface area contributed by atoms with Gasteiger partial charge in [0.25, 0.3) is 11.7 Å². The first-order chi connectivity index (χ1) is 18.9. The van der Waals surface area contributed by atoms with Crippen molar-refractivity contribution in [3.8, 4) is 17.2 Å². The number of hydrogen-bond donors (Lipinski definition) is 1. The van der Waals surface area contributed by atoms with E-state index in [2.05, 4.69) is 13.8 Å². The highest BCUT2D eigenvalue weighted by atomic mass is 16.6. The minimum atomic E-state index is -0.768. The van der Waals surface area contributed by atoms with E-state index in [0.29, 0.717) is 67.1 Å². The second-order valence-electron chi connectivity index (χ2n) is 10.2. The third kappa shape index (κ3) is 5.77. The molecule has 3 aromatic carbocycles. The lowest BCUT2D eigenvalue weighted by molar-refractivity contribution is -0.139. The van der Waals surface area contributed by atoms with E-state index in [1.54, 1.807) is 23.1 Å². The third-order valence-electron chi connectivity index (χ3n) is 6.98. The van der Waals surface area contributed by atoms with E-state index in [-0.39, 0.29) is 11.3 Å². The average molecular weight is 528 g/mol. The van der Waals surface area contributed by atoms with Crippen LogP contribution in [0.15, 0.2) is 78.4 Å². The number of fused-ring (bicyclic) bond motifs is 1. The Bertz CT molecular complexity index is 1380. The fourth-order valence-corrected chi connectivity index (χ4v) is 4.88. The molecule has 3 aromatic rings. The van der Waals surface area contributed by atoms with E-state index in [9.17, 15) is 14.7 Å². The van der Waals surface area contributed by atoms with E-state index >= 15 is 0 Å². The molecule has 1 N–H and O–H groups in total. The van der Waals surface area contributed by atoms with Crippen LogP contribution in [-0.4, -0.2) is 48.1 Å². The van der Waals surface area contributed by atoms with Crippen LogP contribution < -0.4 is 14.2 Å². The molecule has 1 saturated heterocycles. The van der Waals surface area contributed by atoms with Gasteiger partial charge in [-0.15, -0.1) is 0 Å². The van der Waals surface area contributed by atoms with E-state index < -0.39 is 17.7 Å². The Morgan fingerprint density at radius 2 is 1.74 bits per heavy atom. The summed E-state index contributed by atoms with van der Waals surface area (Å²) in [6, 6.07) is 21.5. The summed E-state index contributed by atoms with van der Waals surface area (Å²) in [5, 5.41) is 11.5. The SMILES string of the molecule is CC(C)CCOc1cccc([C@H]2/C(=C(\O)c3ccc4c(c3)OCCO4)C(=O)C(=O)N2CCc2ccccc2)c1. The molecule has 39 heavy (non-hydrogen) atoms. The number of benzene rings is 3. The quantitative estimate of drug-likeness (QED) is 0.223. The minimum Gasteiger partial charge on any atom is -0.507 e. The van der Waals surface area contributed by atoms with E-state index in [4.69, 9.17) is 14.2 Å². The molecule has 2 heterocycles. The molecule has 1 amide bonds. The Morgan fingerprint density at radius 3 is 2.51 bits per heavy atom. The van der Waals surface area contributed by atoms with E-state index in [1.165, 1.54) is 0 Å². The molecular weight excluding hydrogens is 494 g/mol. The van der Waals surface area contributed by atoms with Crippen LogP contribution in [0, 0.1) is 5.92 Å². The summed E-state index contributed by atoms with van der Waals surface area (Å²) in [7, 11) is 0. The summed E-state index contributed by atoms with van der Waals surface area (Å²) >= 11 is 0. The third-order valence-corrected chi connectivity index (χ3v) is 6.98. The van der Waals surface area contributed by atoms with Crippen molar-refractivity contribution in [1.82, 2.24) is 4.90 Å². The highest BCUT2D eigenvalue weighted by Gasteiger charge is 2.46. The average Bonchev–Trinajstić information content (AvgIpc) is 3.21. The summed E-state index contributed by atoms with van der Waals surface area (Å²) in [6.45, 7) is 5.99. The summed E-state index contributed by atoms with van der Waals surface area (Å²) < 4.78 is 17.3. The number of aliphatic hydroxyl groups is 1. The van der Waals surface area contributed by atoms with Gasteiger partial charge in [-0.05, 0) is 60.2 Å². The fourth-order valence-electron chi connectivity index (χ4n) is 4.88. The summed E-state index contributed by atoms with van der Waals surface area (Å²) in [5.74, 6) is 0.617. The van der Waals surface area contributed by atoms with Crippen LogP contribution in [0.25, 0.3) is 5.76 Å². The summed E-state index contributed by atoms with van der Waals surface area (Å²) in [6.07, 6.45) is 1.48. The van der Waals surface area contributed by atoms with Gasteiger partial charge in [-0.3, -0.25) is 9.59 Å². The van der Waals surface area contributed by atoms with Crippen molar-refractivity contribution in [3.63, 3.8) is 0 Å². The Morgan fingerprint density at radius 1 is 0.974 bits per heavy atom. The van der Waals surface area contributed by atoms with Crippen molar-refractivity contribution in [2.75, 3.05) is 26.4 Å². The van der Waals surface area contributed by atoms with Crippen molar-refractivity contribution in [2.45, 2.75) is 32.7 Å². The molecule has 0 bridgehead atoms. The predicted molar refractivity (Wildman–Crippen MR) is 148 cm³/mol. The number of amides is 1. The Balaban J connectivity index is 1.54. The van der Waals surface area contributed by atoms with Crippen molar-refractivity contribution >= 4 is 17.4 Å². The van der Waals surface area contributed by atoms with Crippen molar-refractivity contribution in [1.29, 1.82) is 0 Å². The van der Waals surface area contributed by atoms with Gasteiger partial charge in [-0.1, -0.05) is 56.3 Å². The zero-order valence-electron chi connectivity index (χ0n) is 22.3. The number of rotatable bonds is 9. The maximum Gasteiger partial charge on any atom is 0.295 e. The number of nitrogens with zero attached hydrogens (tertiary/aromatic N) is 1. The zero-order chi connectivity index (χ0) is 27.4. The van der Waals surface area contributed by atoms with Crippen LogP contribution in [0.2, 0.25) is 0 Å². The molecule has 7 heteroatoms. The number of carbonyl (C=O) groups excluding carboxylic acids is 2. The molecule has 0 aliphatic carbocycles. The highest BCUT2D eigenvalue weighted by molar-refractivity contribution is 6.46. The largest absolute Gasteiger partial charge is 0.507 e. The minimum absolute atomic E-state index is 0.0454. The smallest absolute Gasteiger partial charge is 0.295 e. The molecule has 0 spiro atoms. The molecule has 2 aliphatic rings. The number of ether oxygens (including phenoxy) is 3. The van der Waals surface area contributed by atoms with Crippen molar-refractivity contribution in [2.24, 2.45) is 5.92 Å². The Labute approximate surface area is 228 Å². The number of aliphatic hydroxyl groups excluding tert-OH is 1. The lowest BCUT2D eigenvalue weighted by Gasteiger charge is -2.26. The first kappa shape index (κ1) is 26.4. The van der Waals surface area contributed by atoms with Gasteiger partial charge in [0.05, 0.1) is 18.2 Å². The first-order valence-electron chi connectivity index (χ1n) is 13.4. The number of likely N-dealkylation sites (tertiary alicyclic amines) is 1. The standard InChI is InChI=1S/C32H33NO6/c1-21(2)14-16-37-25-10-6-9-23(19-25)29-28(30(34)24-11-12-26-27(20-24)39-18-17-38-26)31(35)32(36)33(29)15-13-22-7-4-3-5-8-22/h3-12,19-21,29,34H,13-18H2,1-2H3/b30-28+/t29-/m0/s1. The Hall–Kier alpha value is -4.26. The van der Waals surface area contributed by atoms with Crippen LogP contribution in [0.3, 0.4) is 0 Å². The van der Waals surface area contributed by atoms with Gasteiger partial charge in [0.1, 0.15) is 24.7 Å². The number of ketones is 1. The Kier molecular flexibility index (Phi) is 7.87. The van der Waals surface area contributed by atoms with E-state index in [0.717, 1.165) is 12.0 Å². The van der Waals surface area contributed by atoms with Gasteiger partial charge in [0.15, 0.2) is 11.5 Å². The molecule has 0 radical (unpaired) electrons. The molecule has 0 aromatic heterocycles. The fraction of sp³-hybridized carbons (Fsp3) is 0.312. The maximum atomic E-state index is 13.4. The number of Topliss-reactive ketones (excluding diaryl/α,β-unsaturated/α-hetero) is 1. The molecule has 5 rings (SSSR count). The highest BCUT2D eigenvalue weighted by Crippen LogP contribution is 2.41. The second kappa shape index (κ2) is 11.6. The van der Waals surface area contributed by atoms with Gasteiger partial charge >= 0.3 is 0 Å². The van der Waals surface area contributed by atoms with Gasteiger partial charge in [-0.25, -0.2) is 0 Å². The molecule has 1 atom stereocenters. The van der Waals surface area contributed by atoms with Gasteiger partial charge < -0.3 is 24.2 Å². The normalized spacial score (nSPS) is 18.0. The lowest BCUT2D eigenvalue weighted by Crippen LogP contribution is -2.31. The molecule has 7 nitrogen and oxygen atoms in total. The lowest BCUT2D eigenvalue weighted by atomic mass is 9.95. The molecule has 1 fully saturated rings. The molecular formula is C32H33NO6. The molecule has 0 saturated carbocycles. The van der Waals surface area contributed by atoms with Crippen LogP contribution in [-0.2, 0) is 16.0 Å². The van der Waals surface area contributed by atoms with Crippen molar-refractivity contribution < 1.29 is 28.9 Å². The predicted octanol–water partition coefficient (Wildman–Crippen LogP) is 5.55. The summed E-state index contributed by atoms with van der Waals surface area (Å²) in [4.78, 5) is 28.4. The van der Waals surface area contributed by atoms with Crippen molar-refractivity contribution in [3.05, 3.63) is 95.1 Å². The number of carbonyl (C=O) groups is 2. The molecule has 0 unspecified atom stereocenters. The van der Waals surface area contributed by atoms with Crippen LogP contribution in [0.5, 0.6) is 17.2 Å². The van der Waals surface area contributed by atoms with Crippen LogP contribution in [0.1, 0.15) is 43.0 Å². The van der Waals surface area contributed by atoms with Crippen LogP contribution >= 0.6 is 0 Å². The van der Waals surface area contributed by atoms with Gasteiger partial charge in [0.2, 0.25) is 0 Å². The van der Waals surface area contributed by atoms with Crippen LogP contribution in [0.4, 0.5) is 0 Å². The topological polar surface area (TPSA) is 85.3 Å². The molecule has 202 valence electrons. The maximum absolute atomic E-state index is 13.4. The molecule has 2 aliphatic heterocycles. The summed E-state index contributed by atoms with van der Waals surface area (Å²) in [5.41, 5.74) is 2.18. The zero-order valence-corrected chi connectivity index (χ0v) is 22.3. The first-order valence-corrected chi connectivity index (χ1v) is 13.4. The van der Waals surface area contributed by atoms with Gasteiger partial charge in [-0.2, -0.15) is 0 Å². The second-order valence-corrected chi connectivity index (χ2v) is 10.2. The van der Waals surface area contributed by atoms with E-state index in [1.807, 2.05) is 54.6 Å². The van der Waals surface area contributed by atoms with Gasteiger partial charge in [0, 0.05) is 12.1 Å².